The highest BCUT2D eigenvalue weighted by atomic mass is 32.1. The molecule has 0 saturated heterocycles. The van der Waals surface area contributed by atoms with Crippen molar-refractivity contribution in [1.82, 2.24) is 9.97 Å². The molecule has 102 valence electrons. The van der Waals surface area contributed by atoms with Crippen LogP contribution in [0.5, 0.6) is 0 Å². The summed E-state index contributed by atoms with van der Waals surface area (Å²) in [5.41, 5.74) is -0.0780. The standard InChI is InChI=1S/C13H17FN4S/c1-13(2,10-5-4-6-19-10)8-17-11-9(14)7-16-12(15-3)18-11/h4-7H,8H2,1-3H3,(H2,15,16,17,18). The van der Waals surface area contributed by atoms with Crippen molar-refractivity contribution in [2.45, 2.75) is 19.3 Å². The summed E-state index contributed by atoms with van der Waals surface area (Å²) in [6.45, 7) is 4.83. The molecule has 4 nitrogen and oxygen atoms in total. The van der Waals surface area contributed by atoms with Gasteiger partial charge in [0.05, 0.1) is 6.20 Å². The van der Waals surface area contributed by atoms with E-state index >= 15 is 0 Å². The van der Waals surface area contributed by atoms with Gasteiger partial charge >= 0.3 is 0 Å². The molecule has 0 aromatic carbocycles. The Balaban J connectivity index is 2.10. The van der Waals surface area contributed by atoms with Crippen LogP contribution in [0.15, 0.2) is 23.7 Å². The summed E-state index contributed by atoms with van der Waals surface area (Å²) in [5.74, 6) is 0.183. The van der Waals surface area contributed by atoms with E-state index in [1.54, 1.807) is 18.4 Å². The fourth-order valence-corrected chi connectivity index (χ4v) is 2.52. The summed E-state index contributed by atoms with van der Waals surface area (Å²) in [6.07, 6.45) is 1.17. The Labute approximate surface area is 116 Å². The third kappa shape index (κ3) is 3.20. The number of nitrogens with one attached hydrogen (secondary N) is 2. The maximum atomic E-state index is 13.6. The zero-order valence-corrected chi connectivity index (χ0v) is 12.0. The maximum absolute atomic E-state index is 13.6. The van der Waals surface area contributed by atoms with Gasteiger partial charge in [0.1, 0.15) is 0 Å². The zero-order valence-electron chi connectivity index (χ0n) is 11.2. The van der Waals surface area contributed by atoms with Crippen LogP contribution in [-0.2, 0) is 5.41 Å². The third-order valence-corrected chi connectivity index (χ3v) is 4.09. The summed E-state index contributed by atoms with van der Waals surface area (Å²) < 4.78 is 13.6. The van der Waals surface area contributed by atoms with Crippen LogP contribution in [0.25, 0.3) is 0 Å². The lowest BCUT2D eigenvalue weighted by Gasteiger charge is -2.24. The van der Waals surface area contributed by atoms with Crippen molar-refractivity contribution in [2.24, 2.45) is 0 Å². The van der Waals surface area contributed by atoms with Crippen molar-refractivity contribution in [3.05, 3.63) is 34.4 Å². The number of hydrogen-bond donors (Lipinski definition) is 2. The minimum atomic E-state index is -0.444. The molecule has 6 heteroatoms. The third-order valence-electron chi connectivity index (χ3n) is 2.85. The van der Waals surface area contributed by atoms with Crippen LogP contribution in [0.4, 0.5) is 16.2 Å². The number of anilines is 2. The Bertz CT molecular complexity index is 540. The Kier molecular flexibility index (Phi) is 3.99. The number of rotatable bonds is 5. The molecule has 2 aromatic rings. The molecule has 0 fully saturated rings. The van der Waals surface area contributed by atoms with E-state index in [1.807, 2.05) is 11.4 Å². The van der Waals surface area contributed by atoms with Crippen LogP contribution in [0.3, 0.4) is 0 Å². The van der Waals surface area contributed by atoms with E-state index < -0.39 is 5.82 Å². The predicted molar refractivity (Wildman–Crippen MR) is 77.4 cm³/mol. The van der Waals surface area contributed by atoms with Gasteiger partial charge in [0.25, 0.3) is 0 Å². The molecule has 0 aliphatic heterocycles. The van der Waals surface area contributed by atoms with Crippen LogP contribution in [-0.4, -0.2) is 23.6 Å². The predicted octanol–water partition coefficient (Wildman–Crippen LogP) is 3.11. The van der Waals surface area contributed by atoms with Gasteiger partial charge in [0, 0.05) is 23.9 Å². The first-order valence-corrected chi connectivity index (χ1v) is 6.89. The van der Waals surface area contributed by atoms with Gasteiger partial charge in [-0.2, -0.15) is 4.98 Å². The van der Waals surface area contributed by atoms with Gasteiger partial charge < -0.3 is 10.6 Å². The van der Waals surface area contributed by atoms with E-state index in [1.165, 1.54) is 11.1 Å². The molecular weight excluding hydrogens is 263 g/mol. The smallest absolute Gasteiger partial charge is 0.224 e. The van der Waals surface area contributed by atoms with Gasteiger partial charge in [0.15, 0.2) is 11.6 Å². The average molecular weight is 280 g/mol. The lowest BCUT2D eigenvalue weighted by molar-refractivity contribution is 0.560. The average Bonchev–Trinajstić information content (AvgIpc) is 2.92. The topological polar surface area (TPSA) is 49.8 Å². The molecule has 19 heavy (non-hydrogen) atoms. The van der Waals surface area contributed by atoms with Gasteiger partial charge in [0.2, 0.25) is 5.95 Å². The van der Waals surface area contributed by atoms with Crippen molar-refractivity contribution in [2.75, 3.05) is 24.2 Å². The van der Waals surface area contributed by atoms with Gasteiger partial charge in [-0.1, -0.05) is 19.9 Å². The fraction of sp³-hybridized carbons (Fsp3) is 0.385. The maximum Gasteiger partial charge on any atom is 0.224 e. The molecule has 2 aromatic heterocycles. The first-order chi connectivity index (χ1) is 9.03. The number of halogens is 1. The number of aromatic nitrogens is 2. The van der Waals surface area contributed by atoms with Crippen LogP contribution in [0.1, 0.15) is 18.7 Å². The second-order valence-corrected chi connectivity index (χ2v) is 5.80. The SMILES string of the molecule is CNc1ncc(F)c(NCC(C)(C)c2cccs2)n1. The monoisotopic (exact) mass is 280 g/mol. The summed E-state index contributed by atoms with van der Waals surface area (Å²) >= 11 is 1.70. The molecule has 0 radical (unpaired) electrons. The minimum Gasteiger partial charge on any atom is -0.367 e. The molecule has 2 rings (SSSR count). The van der Waals surface area contributed by atoms with Gasteiger partial charge in [-0.3, -0.25) is 0 Å². The molecule has 2 heterocycles. The Morgan fingerprint density at radius 1 is 1.42 bits per heavy atom. The Hall–Kier alpha value is -1.69. The largest absolute Gasteiger partial charge is 0.367 e. The van der Waals surface area contributed by atoms with Gasteiger partial charge in [-0.25, -0.2) is 9.37 Å². The van der Waals surface area contributed by atoms with Crippen LogP contribution in [0.2, 0.25) is 0 Å². The molecule has 2 N–H and O–H groups in total. The normalized spacial score (nSPS) is 11.4. The van der Waals surface area contributed by atoms with Crippen molar-refractivity contribution in [1.29, 1.82) is 0 Å². The van der Waals surface area contributed by atoms with E-state index in [4.69, 9.17) is 0 Å². The number of nitrogens with zero attached hydrogens (tertiary/aromatic N) is 2. The van der Waals surface area contributed by atoms with Crippen molar-refractivity contribution in [3.63, 3.8) is 0 Å². The van der Waals surface area contributed by atoms with E-state index in [-0.39, 0.29) is 11.2 Å². The molecule has 0 amide bonds. The summed E-state index contributed by atoms with van der Waals surface area (Å²) in [6, 6.07) is 4.10. The molecule has 0 spiro atoms. The van der Waals surface area contributed by atoms with Crippen molar-refractivity contribution < 1.29 is 4.39 Å². The summed E-state index contributed by atoms with van der Waals surface area (Å²) in [4.78, 5) is 9.14. The highest BCUT2D eigenvalue weighted by Crippen LogP contribution is 2.27. The molecule has 0 bridgehead atoms. The summed E-state index contributed by atoms with van der Waals surface area (Å²) in [7, 11) is 1.70. The second kappa shape index (κ2) is 5.52. The van der Waals surface area contributed by atoms with E-state index in [0.717, 1.165) is 0 Å². The Morgan fingerprint density at radius 2 is 2.21 bits per heavy atom. The number of thiophene rings is 1. The zero-order chi connectivity index (χ0) is 13.9. The lowest BCUT2D eigenvalue weighted by Crippen LogP contribution is -2.27. The van der Waals surface area contributed by atoms with Gasteiger partial charge in [-0.05, 0) is 11.4 Å². The highest BCUT2D eigenvalue weighted by Gasteiger charge is 2.22. The van der Waals surface area contributed by atoms with E-state index in [0.29, 0.717) is 12.5 Å². The molecular formula is C13H17FN4S. The van der Waals surface area contributed by atoms with E-state index in [9.17, 15) is 4.39 Å². The fourth-order valence-electron chi connectivity index (χ4n) is 1.67. The number of hydrogen-bond acceptors (Lipinski definition) is 5. The highest BCUT2D eigenvalue weighted by molar-refractivity contribution is 7.10. The minimum absolute atomic E-state index is 0.0780. The Morgan fingerprint density at radius 3 is 2.84 bits per heavy atom. The van der Waals surface area contributed by atoms with Crippen LogP contribution >= 0.6 is 11.3 Å². The lowest BCUT2D eigenvalue weighted by atomic mass is 9.91. The summed E-state index contributed by atoms with van der Waals surface area (Å²) in [5, 5.41) is 7.89. The first-order valence-electron chi connectivity index (χ1n) is 6.01. The van der Waals surface area contributed by atoms with Gasteiger partial charge in [-0.15, -0.1) is 11.3 Å². The molecule has 0 unspecified atom stereocenters. The second-order valence-electron chi connectivity index (χ2n) is 4.85. The van der Waals surface area contributed by atoms with Crippen LogP contribution in [0, 0.1) is 5.82 Å². The van der Waals surface area contributed by atoms with E-state index in [2.05, 4.69) is 40.5 Å². The van der Waals surface area contributed by atoms with Crippen LogP contribution < -0.4 is 10.6 Å². The first kappa shape index (κ1) is 13.7. The van der Waals surface area contributed by atoms with Crippen molar-refractivity contribution >= 4 is 23.1 Å². The quantitative estimate of drug-likeness (QED) is 0.883. The molecule has 0 atom stereocenters. The molecule has 0 aliphatic rings. The molecule has 0 aliphatic carbocycles. The molecule has 0 saturated carbocycles. The van der Waals surface area contributed by atoms with Crippen molar-refractivity contribution in [3.8, 4) is 0 Å².